The molecule has 1 heterocycles. The number of hydrogen-bond donors (Lipinski definition) is 1. The van der Waals surface area contributed by atoms with Gasteiger partial charge in [-0.25, -0.2) is 0 Å². The summed E-state index contributed by atoms with van der Waals surface area (Å²) in [6.07, 6.45) is 4.17. The number of morpholine rings is 1. The van der Waals surface area contributed by atoms with E-state index in [0.717, 1.165) is 32.1 Å². The van der Waals surface area contributed by atoms with Crippen LogP contribution in [0.25, 0.3) is 6.08 Å². The van der Waals surface area contributed by atoms with Crippen molar-refractivity contribution in [2.45, 2.75) is 0 Å². The van der Waals surface area contributed by atoms with Crippen LogP contribution in [0.2, 0.25) is 0 Å². The molecular formula is C13H17NOS. The number of nitrogens with zero attached hydrogens (tertiary/aromatic N) is 1. The number of hydrogen-bond acceptors (Lipinski definition) is 3. The molecule has 1 aliphatic heterocycles. The van der Waals surface area contributed by atoms with E-state index in [0.29, 0.717) is 0 Å². The van der Waals surface area contributed by atoms with Crippen molar-refractivity contribution in [1.29, 1.82) is 0 Å². The molecule has 1 aliphatic rings. The Kier molecular flexibility index (Phi) is 4.31. The van der Waals surface area contributed by atoms with Gasteiger partial charge in [0.1, 0.15) is 0 Å². The fourth-order valence-corrected chi connectivity index (χ4v) is 1.94. The molecule has 0 N–H and O–H groups in total. The van der Waals surface area contributed by atoms with Crippen LogP contribution in [0.3, 0.4) is 0 Å². The Morgan fingerprint density at radius 1 is 1.31 bits per heavy atom. The molecule has 0 atom stereocenters. The zero-order chi connectivity index (χ0) is 11.2. The molecule has 1 aromatic carbocycles. The summed E-state index contributed by atoms with van der Waals surface area (Å²) in [5, 5.41) is 0. The SMILES string of the molecule is SCC=Cc1cccc(N2CCOCC2)c1. The van der Waals surface area contributed by atoms with Crippen LogP contribution in [0, 0.1) is 0 Å². The van der Waals surface area contributed by atoms with E-state index in [2.05, 4.69) is 53.9 Å². The Labute approximate surface area is 102 Å². The average molecular weight is 235 g/mol. The zero-order valence-corrected chi connectivity index (χ0v) is 10.2. The molecule has 0 unspecified atom stereocenters. The normalized spacial score (nSPS) is 16.9. The molecule has 0 bridgehead atoms. The van der Waals surface area contributed by atoms with Gasteiger partial charge in [-0.2, -0.15) is 12.6 Å². The highest BCUT2D eigenvalue weighted by atomic mass is 32.1. The molecule has 16 heavy (non-hydrogen) atoms. The van der Waals surface area contributed by atoms with Crippen molar-refractivity contribution in [2.75, 3.05) is 37.0 Å². The molecule has 2 nitrogen and oxygen atoms in total. The molecule has 3 heteroatoms. The molecule has 0 aromatic heterocycles. The fraction of sp³-hybridized carbons (Fsp3) is 0.385. The Morgan fingerprint density at radius 3 is 2.88 bits per heavy atom. The van der Waals surface area contributed by atoms with Crippen molar-refractivity contribution in [2.24, 2.45) is 0 Å². The van der Waals surface area contributed by atoms with E-state index in [4.69, 9.17) is 4.74 Å². The average Bonchev–Trinajstić information content (AvgIpc) is 2.38. The van der Waals surface area contributed by atoms with Gasteiger partial charge in [0.25, 0.3) is 0 Å². The number of anilines is 1. The van der Waals surface area contributed by atoms with Crippen molar-refractivity contribution in [3.8, 4) is 0 Å². The third kappa shape index (κ3) is 3.03. The Morgan fingerprint density at radius 2 is 2.12 bits per heavy atom. The first-order valence-electron chi connectivity index (χ1n) is 5.60. The Bertz CT molecular complexity index is 359. The monoisotopic (exact) mass is 235 g/mol. The fourth-order valence-electron chi connectivity index (χ4n) is 1.84. The first-order valence-corrected chi connectivity index (χ1v) is 6.23. The van der Waals surface area contributed by atoms with Crippen LogP contribution in [0.1, 0.15) is 5.56 Å². The highest BCUT2D eigenvalue weighted by molar-refractivity contribution is 7.80. The van der Waals surface area contributed by atoms with Crippen LogP contribution >= 0.6 is 12.6 Å². The molecule has 0 spiro atoms. The second-order valence-corrected chi connectivity index (χ2v) is 4.14. The van der Waals surface area contributed by atoms with E-state index in [-0.39, 0.29) is 0 Å². The van der Waals surface area contributed by atoms with Crippen LogP contribution in [-0.4, -0.2) is 32.1 Å². The smallest absolute Gasteiger partial charge is 0.0642 e. The lowest BCUT2D eigenvalue weighted by molar-refractivity contribution is 0.122. The van der Waals surface area contributed by atoms with Gasteiger partial charge in [0.2, 0.25) is 0 Å². The highest BCUT2D eigenvalue weighted by Gasteiger charge is 2.10. The Hall–Kier alpha value is -0.930. The summed E-state index contributed by atoms with van der Waals surface area (Å²) >= 11 is 4.16. The summed E-state index contributed by atoms with van der Waals surface area (Å²) in [5.41, 5.74) is 2.52. The largest absolute Gasteiger partial charge is 0.378 e. The molecule has 1 aromatic rings. The second-order valence-electron chi connectivity index (χ2n) is 3.78. The molecule has 1 saturated heterocycles. The summed E-state index contributed by atoms with van der Waals surface area (Å²) in [6, 6.07) is 8.58. The van der Waals surface area contributed by atoms with Gasteiger partial charge < -0.3 is 9.64 Å². The standard InChI is InChI=1S/C13H17NOS/c16-10-2-4-12-3-1-5-13(11-12)14-6-8-15-9-7-14/h1-5,11,16H,6-10H2. The lowest BCUT2D eigenvalue weighted by Gasteiger charge is -2.29. The highest BCUT2D eigenvalue weighted by Crippen LogP contribution is 2.18. The molecule has 0 radical (unpaired) electrons. The first kappa shape index (κ1) is 11.6. The van der Waals surface area contributed by atoms with Crippen molar-refractivity contribution in [1.82, 2.24) is 0 Å². The number of thiol groups is 1. The van der Waals surface area contributed by atoms with Crippen molar-refractivity contribution in [3.05, 3.63) is 35.9 Å². The van der Waals surface area contributed by atoms with E-state index in [9.17, 15) is 0 Å². The molecule has 2 rings (SSSR count). The third-order valence-electron chi connectivity index (χ3n) is 2.66. The van der Waals surface area contributed by atoms with Crippen LogP contribution in [-0.2, 0) is 4.74 Å². The van der Waals surface area contributed by atoms with E-state index >= 15 is 0 Å². The quantitative estimate of drug-likeness (QED) is 0.808. The van der Waals surface area contributed by atoms with Crippen LogP contribution in [0.15, 0.2) is 30.3 Å². The molecule has 0 saturated carbocycles. The topological polar surface area (TPSA) is 12.5 Å². The van der Waals surface area contributed by atoms with Gasteiger partial charge in [0, 0.05) is 24.5 Å². The van der Waals surface area contributed by atoms with Crippen LogP contribution < -0.4 is 4.90 Å². The van der Waals surface area contributed by atoms with Gasteiger partial charge in [-0.3, -0.25) is 0 Å². The molecule has 86 valence electrons. The maximum absolute atomic E-state index is 5.35. The van der Waals surface area contributed by atoms with Gasteiger partial charge >= 0.3 is 0 Å². The lowest BCUT2D eigenvalue weighted by atomic mass is 10.1. The van der Waals surface area contributed by atoms with E-state index in [1.54, 1.807) is 0 Å². The second kappa shape index (κ2) is 5.97. The maximum Gasteiger partial charge on any atom is 0.0642 e. The van der Waals surface area contributed by atoms with Crippen molar-refractivity contribution >= 4 is 24.4 Å². The lowest BCUT2D eigenvalue weighted by Crippen LogP contribution is -2.36. The van der Waals surface area contributed by atoms with Crippen molar-refractivity contribution in [3.63, 3.8) is 0 Å². The minimum absolute atomic E-state index is 0.780. The predicted octanol–water partition coefficient (Wildman–Crippen LogP) is 2.47. The number of ether oxygens (including phenoxy) is 1. The summed E-state index contributed by atoms with van der Waals surface area (Å²) < 4.78 is 5.35. The van der Waals surface area contributed by atoms with Crippen molar-refractivity contribution < 1.29 is 4.74 Å². The molecule has 0 aliphatic carbocycles. The van der Waals surface area contributed by atoms with Gasteiger partial charge in [-0.1, -0.05) is 24.3 Å². The Balaban J connectivity index is 2.11. The van der Waals surface area contributed by atoms with Gasteiger partial charge in [0.15, 0.2) is 0 Å². The summed E-state index contributed by atoms with van der Waals surface area (Å²) in [5.74, 6) is 0.780. The first-order chi connectivity index (χ1) is 7.90. The number of benzene rings is 1. The van der Waals surface area contributed by atoms with Gasteiger partial charge in [-0.15, -0.1) is 0 Å². The maximum atomic E-state index is 5.35. The summed E-state index contributed by atoms with van der Waals surface area (Å²) in [4.78, 5) is 2.36. The summed E-state index contributed by atoms with van der Waals surface area (Å²) in [7, 11) is 0. The van der Waals surface area contributed by atoms with Crippen LogP contribution in [0.5, 0.6) is 0 Å². The number of rotatable bonds is 3. The van der Waals surface area contributed by atoms with E-state index in [1.165, 1.54) is 11.3 Å². The molecule has 1 fully saturated rings. The van der Waals surface area contributed by atoms with E-state index < -0.39 is 0 Å². The molecular weight excluding hydrogens is 218 g/mol. The molecule has 0 amide bonds. The predicted molar refractivity (Wildman–Crippen MR) is 72.4 cm³/mol. The minimum Gasteiger partial charge on any atom is -0.378 e. The van der Waals surface area contributed by atoms with Gasteiger partial charge in [-0.05, 0) is 17.7 Å². The van der Waals surface area contributed by atoms with Gasteiger partial charge in [0.05, 0.1) is 13.2 Å². The van der Waals surface area contributed by atoms with Crippen LogP contribution in [0.4, 0.5) is 5.69 Å². The van der Waals surface area contributed by atoms with E-state index in [1.807, 2.05) is 0 Å². The third-order valence-corrected chi connectivity index (χ3v) is 2.87. The minimum atomic E-state index is 0.780. The zero-order valence-electron chi connectivity index (χ0n) is 9.30. The summed E-state index contributed by atoms with van der Waals surface area (Å²) in [6.45, 7) is 3.63.